The minimum absolute atomic E-state index is 0.0167. The van der Waals surface area contributed by atoms with Crippen molar-refractivity contribution >= 4 is 62.2 Å². The number of imidazole rings is 1. The molecule has 0 aliphatic rings. The van der Waals surface area contributed by atoms with Gasteiger partial charge in [0.2, 0.25) is 0 Å². The van der Waals surface area contributed by atoms with Crippen LogP contribution in [0.25, 0.3) is 0 Å². The lowest BCUT2D eigenvalue weighted by molar-refractivity contribution is -0.396. The van der Waals surface area contributed by atoms with Crippen LogP contribution in [0.15, 0.2) is 34.7 Å². The summed E-state index contributed by atoms with van der Waals surface area (Å²) >= 11 is 12.3. The maximum atomic E-state index is 12.4. The number of thiophene rings is 1. The Hall–Kier alpha value is -2.87. The Balaban J connectivity index is 1.71. The van der Waals surface area contributed by atoms with Crippen molar-refractivity contribution < 1.29 is 28.0 Å². The molecule has 0 aliphatic carbocycles. The smallest absolute Gasteiger partial charge is 0.434 e. The lowest BCUT2D eigenvalue weighted by atomic mass is 10.2. The number of hydrogen-bond acceptors (Lipinski definition) is 9. The maximum absolute atomic E-state index is 12.4. The molecule has 0 amide bonds. The lowest BCUT2D eigenvalue weighted by Gasteiger charge is -2.09. The summed E-state index contributed by atoms with van der Waals surface area (Å²) in [5, 5.41) is 21.0. The number of nitrogens with zero attached hydrogens (tertiary/aromatic N) is 3. The highest BCUT2D eigenvalue weighted by atomic mass is 35.5. The zero-order chi connectivity index (χ0) is 22.9. The molecule has 3 rings (SSSR count). The van der Waals surface area contributed by atoms with E-state index in [2.05, 4.69) is 9.71 Å². The summed E-state index contributed by atoms with van der Waals surface area (Å²) in [6, 6.07) is 4.63. The fourth-order valence-electron chi connectivity index (χ4n) is 2.39. The number of phenols is 1. The largest absolute Gasteiger partial charge is 0.507 e. The van der Waals surface area contributed by atoms with Gasteiger partial charge >= 0.3 is 11.9 Å². The number of nitro groups is 1. The van der Waals surface area contributed by atoms with E-state index in [0.29, 0.717) is 0 Å². The van der Waals surface area contributed by atoms with Gasteiger partial charge in [0.15, 0.2) is 5.69 Å². The van der Waals surface area contributed by atoms with Crippen LogP contribution in [-0.4, -0.2) is 34.0 Å². The topological polar surface area (TPSA) is 154 Å². The fraction of sp³-hybridized carbons (Fsp3) is 0.125. The molecule has 0 bridgehead atoms. The van der Waals surface area contributed by atoms with Crippen LogP contribution in [0.2, 0.25) is 9.36 Å². The van der Waals surface area contributed by atoms with Gasteiger partial charge in [0.05, 0.1) is 17.8 Å². The average Bonchev–Trinajstić information content (AvgIpc) is 3.22. The summed E-state index contributed by atoms with van der Waals surface area (Å²) in [5.74, 6) is -1.88. The highest BCUT2D eigenvalue weighted by Crippen LogP contribution is 2.35. The molecular weight excluding hydrogens is 495 g/mol. The molecular formula is C16H12Cl2N4O7S2. The van der Waals surface area contributed by atoms with E-state index in [1.165, 1.54) is 25.4 Å². The van der Waals surface area contributed by atoms with E-state index in [0.717, 1.165) is 28.0 Å². The van der Waals surface area contributed by atoms with Gasteiger partial charge in [-0.1, -0.05) is 28.2 Å². The normalized spacial score (nSPS) is 11.3. The molecule has 0 spiro atoms. The van der Waals surface area contributed by atoms with Crippen molar-refractivity contribution in [2.24, 2.45) is 7.05 Å². The number of aromatic nitrogens is 2. The van der Waals surface area contributed by atoms with Crippen molar-refractivity contribution in [3.05, 3.63) is 61.2 Å². The third-order valence-electron chi connectivity index (χ3n) is 3.93. The number of esters is 1. The van der Waals surface area contributed by atoms with Crippen molar-refractivity contribution in [1.82, 2.24) is 9.55 Å². The quantitative estimate of drug-likeness (QED) is 0.280. The second kappa shape index (κ2) is 8.70. The molecule has 0 unspecified atom stereocenters. The average molecular weight is 507 g/mol. The molecule has 11 nitrogen and oxygen atoms in total. The third kappa shape index (κ3) is 4.90. The standard InChI is InChI=1S/C16H12Cl2N4O7S2/c1-21-9(6-19-16(21)22(25)26)7-29-15(24)10-3-2-8(4-12(10)23)20-31(27,28)13-5-11(17)14(18)30-13/h2-6,20,23H,7H2,1H3. The van der Waals surface area contributed by atoms with Crippen LogP contribution >= 0.6 is 34.5 Å². The molecule has 2 N–H and O–H groups in total. The monoisotopic (exact) mass is 506 g/mol. The number of carbonyl (C=O) groups excluding carboxylic acids is 1. The first-order valence-corrected chi connectivity index (χ1v) is 11.2. The molecule has 0 aliphatic heterocycles. The number of rotatable bonds is 7. The Morgan fingerprint density at radius 2 is 2.10 bits per heavy atom. The Morgan fingerprint density at radius 1 is 1.39 bits per heavy atom. The van der Waals surface area contributed by atoms with Crippen LogP contribution in [0.1, 0.15) is 16.1 Å². The molecule has 2 heterocycles. The molecule has 1 aromatic carbocycles. The van der Waals surface area contributed by atoms with E-state index < -0.39 is 32.6 Å². The Morgan fingerprint density at radius 3 is 2.65 bits per heavy atom. The summed E-state index contributed by atoms with van der Waals surface area (Å²) < 4.78 is 33.2. The second-order valence-corrected chi connectivity index (χ2v) is 9.94. The number of nitrogens with one attached hydrogen (secondary N) is 1. The molecule has 0 atom stereocenters. The number of sulfonamides is 1. The van der Waals surface area contributed by atoms with E-state index in [4.69, 9.17) is 27.9 Å². The van der Waals surface area contributed by atoms with Crippen LogP contribution in [0, 0.1) is 10.1 Å². The number of aromatic hydroxyl groups is 1. The van der Waals surface area contributed by atoms with E-state index >= 15 is 0 Å². The minimum atomic E-state index is -4.01. The first-order chi connectivity index (χ1) is 14.5. The van der Waals surface area contributed by atoms with Crippen molar-refractivity contribution in [2.45, 2.75) is 10.8 Å². The van der Waals surface area contributed by atoms with Gasteiger partial charge in [-0.15, -0.1) is 11.3 Å². The molecule has 3 aromatic rings. The lowest BCUT2D eigenvalue weighted by Crippen LogP contribution is -2.12. The first kappa shape index (κ1) is 22.8. The first-order valence-electron chi connectivity index (χ1n) is 8.12. The molecule has 164 valence electrons. The van der Waals surface area contributed by atoms with Crippen molar-refractivity contribution in [1.29, 1.82) is 0 Å². The molecule has 2 aromatic heterocycles. The molecule has 0 saturated heterocycles. The number of hydrogen-bond donors (Lipinski definition) is 2. The molecule has 31 heavy (non-hydrogen) atoms. The Kier molecular flexibility index (Phi) is 6.40. The van der Waals surface area contributed by atoms with Crippen LogP contribution in [0.4, 0.5) is 11.6 Å². The van der Waals surface area contributed by atoms with E-state index in [-0.39, 0.29) is 37.1 Å². The van der Waals surface area contributed by atoms with Gasteiger partial charge in [0, 0.05) is 6.07 Å². The van der Waals surface area contributed by atoms with Crippen LogP contribution in [0.5, 0.6) is 5.75 Å². The van der Waals surface area contributed by atoms with E-state index in [9.17, 15) is 28.4 Å². The predicted molar refractivity (Wildman–Crippen MR) is 112 cm³/mol. The fourth-order valence-corrected chi connectivity index (χ4v) is 5.32. The van der Waals surface area contributed by atoms with E-state index in [1.54, 1.807) is 0 Å². The zero-order valence-corrected chi connectivity index (χ0v) is 18.5. The molecule has 0 fully saturated rings. The van der Waals surface area contributed by atoms with Crippen molar-refractivity contribution in [3.63, 3.8) is 0 Å². The van der Waals surface area contributed by atoms with Crippen molar-refractivity contribution in [2.75, 3.05) is 4.72 Å². The third-order valence-corrected chi connectivity index (χ3v) is 7.65. The molecule has 0 saturated carbocycles. The highest BCUT2D eigenvalue weighted by Gasteiger charge is 2.22. The number of ether oxygens (including phenoxy) is 1. The second-order valence-electron chi connectivity index (χ2n) is 5.97. The van der Waals surface area contributed by atoms with Gasteiger partial charge in [0.25, 0.3) is 10.0 Å². The number of anilines is 1. The van der Waals surface area contributed by atoms with Crippen molar-refractivity contribution in [3.8, 4) is 5.75 Å². The van der Waals surface area contributed by atoms with Gasteiger partial charge in [-0.2, -0.15) is 0 Å². The molecule has 15 heteroatoms. The maximum Gasteiger partial charge on any atom is 0.434 e. The van der Waals surface area contributed by atoms with Gasteiger partial charge < -0.3 is 20.0 Å². The number of phenolic OH excluding ortho intramolecular Hbond substituents is 1. The van der Waals surface area contributed by atoms with Crippen LogP contribution in [0.3, 0.4) is 0 Å². The number of halogens is 2. The summed E-state index contributed by atoms with van der Waals surface area (Å²) in [4.78, 5) is 26.0. The SMILES string of the molecule is Cn1c(COC(=O)c2ccc(NS(=O)(=O)c3cc(Cl)c(Cl)s3)cc2O)cnc1[N+](=O)[O-]. The van der Waals surface area contributed by atoms with Gasteiger partial charge in [0.1, 0.15) is 32.7 Å². The summed E-state index contributed by atoms with van der Waals surface area (Å²) in [7, 11) is -2.62. The summed E-state index contributed by atoms with van der Waals surface area (Å²) in [6.45, 7) is -0.329. The molecule has 0 radical (unpaired) electrons. The summed E-state index contributed by atoms with van der Waals surface area (Å²) in [6.07, 6.45) is 1.19. The highest BCUT2D eigenvalue weighted by molar-refractivity contribution is 7.94. The minimum Gasteiger partial charge on any atom is -0.507 e. The Bertz CT molecular complexity index is 1270. The van der Waals surface area contributed by atoms with E-state index in [1.807, 2.05) is 0 Å². The van der Waals surface area contributed by atoms with Crippen LogP contribution in [-0.2, 0) is 28.4 Å². The predicted octanol–water partition coefficient (Wildman–Crippen LogP) is 3.56. The number of carbonyl (C=O) groups is 1. The number of benzene rings is 1. The van der Waals surface area contributed by atoms with Gasteiger partial charge in [-0.3, -0.25) is 4.72 Å². The summed E-state index contributed by atoms with van der Waals surface area (Å²) in [5.41, 5.74) is 0.0102. The Labute approximate surface area is 189 Å². The zero-order valence-electron chi connectivity index (χ0n) is 15.4. The van der Waals surface area contributed by atoms with Gasteiger partial charge in [-0.05, 0) is 23.1 Å². The van der Waals surface area contributed by atoms with Gasteiger partial charge in [-0.25, -0.2) is 17.8 Å². The van der Waals surface area contributed by atoms with Crippen LogP contribution < -0.4 is 4.72 Å².